The quantitative estimate of drug-likeness (QED) is 0.563. The number of hydrogen-bond acceptors (Lipinski definition) is 8. The number of nitrogen functional groups attached to an aromatic ring is 1. The zero-order valence-corrected chi connectivity index (χ0v) is 18.9. The summed E-state index contributed by atoms with van der Waals surface area (Å²) in [7, 11) is 3.94. The molecule has 1 fully saturated rings. The van der Waals surface area contributed by atoms with Gasteiger partial charge >= 0.3 is 0 Å². The zero-order valence-electron chi connectivity index (χ0n) is 18.1. The maximum atomic E-state index is 13.0. The minimum absolute atomic E-state index is 0.0317. The number of rotatable bonds is 9. The third kappa shape index (κ3) is 6.11. The molecule has 0 spiro atoms. The van der Waals surface area contributed by atoms with E-state index in [2.05, 4.69) is 15.3 Å². The lowest BCUT2D eigenvalue weighted by Crippen LogP contribution is -2.32. The second kappa shape index (κ2) is 10.5. The Morgan fingerprint density at radius 1 is 1.39 bits per heavy atom. The van der Waals surface area contributed by atoms with Crippen LogP contribution in [0.15, 0.2) is 24.4 Å². The molecule has 9 nitrogen and oxygen atoms in total. The summed E-state index contributed by atoms with van der Waals surface area (Å²) >= 11 is 6.04. The molecule has 31 heavy (non-hydrogen) atoms. The van der Waals surface area contributed by atoms with Crippen LogP contribution in [0.1, 0.15) is 23.7 Å². The molecule has 1 atom stereocenters. The Morgan fingerprint density at radius 3 is 2.94 bits per heavy atom. The number of hydrogen-bond donors (Lipinski definition) is 2. The van der Waals surface area contributed by atoms with E-state index in [4.69, 9.17) is 26.8 Å². The number of halogens is 1. The monoisotopic (exact) mass is 448 g/mol. The summed E-state index contributed by atoms with van der Waals surface area (Å²) in [5.74, 6) is 1.24. The molecule has 1 saturated heterocycles. The van der Waals surface area contributed by atoms with Crippen LogP contribution in [0.4, 0.5) is 11.6 Å². The van der Waals surface area contributed by atoms with E-state index in [-0.39, 0.29) is 11.9 Å². The summed E-state index contributed by atoms with van der Waals surface area (Å²) in [4.78, 5) is 25.3. The third-order valence-electron chi connectivity index (χ3n) is 4.86. The van der Waals surface area contributed by atoms with Crippen molar-refractivity contribution >= 4 is 29.1 Å². The van der Waals surface area contributed by atoms with Gasteiger partial charge in [0, 0.05) is 31.2 Å². The maximum absolute atomic E-state index is 13.0. The largest absolute Gasteiger partial charge is 0.490 e. The van der Waals surface area contributed by atoms with Crippen LogP contribution in [-0.2, 0) is 0 Å². The maximum Gasteiger partial charge on any atom is 0.254 e. The number of anilines is 2. The molecular weight excluding hydrogens is 420 g/mol. The van der Waals surface area contributed by atoms with E-state index in [1.54, 1.807) is 23.1 Å². The van der Waals surface area contributed by atoms with E-state index in [1.165, 1.54) is 6.20 Å². The number of nitrogens with two attached hydrogens (primary N) is 1. The van der Waals surface area contributed by atoms with Gasteiger partial charge in [-0.2, -0.15) is 4.98 Å². The van der Waals surface area contributed by atoms with Gasteiger partial charge in [0.05, 0.1) is 18.5 Å². The number of carbonyl (C=O) groups is 1. The van der Waals surface area contributed by atoms with Crippen molar-refractivity contribution in [2.45, 2.75) is 19.4 Å². The molecule has 0 bridgehead atoms. The van der Waals surface area contributed by atoms with Gasteiger partial charge in [-0.1, -0.05) is 11.6 Å². The topological polar surface area (TPSA) is 106 Å². The molecule has 1 aromatic carbocycles. The predicted octanol–water partition coefficient (Wildman–Crippen LogP) is 2.38. The molecule has 0 radical (unpaired) electrons. The first-order chi connectivity index (χ1) is 14.9. The van der Waals surface area contributed by atoms with Crippen LogP contribution in [0.5, 0.6) is 11.6 Å². The Morgan fingerprint density at radius 2 is 2.19 bits per heavy atom. The van der Waals surface area contributed by atoms with Gasteiger partial charge in [-0.3, -0.25) is 4.79 Å². The molecule has 10 heteroatoms. The molecule has 2 aromatic rings. The molecule has 1 amide bonds. The summed E-state index contributed by atoms with van der Waals surface area (Å²) in [6.45, 7) is 4.75. The number of carbonyl (C=O) groups excluding carboxylic acids is 1. The second-order valence-electron chi connectivity index (χ2n) is 7.57. The lowest BCUT2D eigenvalue weighted by Gasteiger charge is -2.18. The van der Waals surface area contributed by atoms with Crippen molar-refractivity contribution in [3.8, 4) is 11.6 Å². The Balaban J connectivity index is 1.61. The normalized spacial score (nSPS) is 15.9. The van der Waals surface area contributed by atoms with Gasteiger partial charge in [0.25, 0.3) is 5.91 Å². The Hall–Kier alpha value is -2.78. The van der Waals surface area contributed by atoms with Crippen molar-refractivity contribution in [2.75, 3.05) is 58.0 Å². The lowest BCUT2D eigenvalue weighted by molar-refractivity contribution is 0.0791. The molecule has 2 heterocycles. The van der Waals surface area contributed by atoms with Crippen LogP contribution in [0.3, 0.4) is 0 Å². The highest BCUT2D eigenvalue weighted by Gasteiger charge is 2.28. The highest BCUT2D eigenvalue weighted by molar-refractivity contribution is 6.31. The van der Waals surface area contributed by atoms with Gasteiger partial charge in [-0.25, -0.2) is 4.98 Å². The van der Waals surface area contributed by atoms with E-state index in [1.807, 2.05) is 25.9 Å². The van der Waals surface area contributed by atoms with Crippen LogP contribution in [-0.4, -0.2) is 78.7 Å². The van der Waals surface area contributed by atoms with E-state index in [9.17, 15) is 4.79 Å². The number of ether oxygens (including phenoxy) is 2. The summed E-state index contributed by atoms with van der Waals surface area (Å²) in [6.07, 6.45) is 2.29. The van der Waals surface area contributed by atoms with Crippen LogP contribution in [0, 0.1) is 0 Å². The van der Waals surface area contributed by atoms with Crippen molar-refractivity contribution in [3.63, 3.8) is 0 Å². The number of benzene rings is 1. The SMILES string of the molecule is CCOc1nc(N[C@H]2CCN(C(=O)c3ccc(N)c(OCCN(C)C)c3)C2)ncc1Cl. The predicted molar refractivity (Wildman–Crippen MR) is 121 cm³/mol. The Labute approximate surface area is 187 Å². The van der Waals surface area contributed by atoms with Crippen molar-refractivity contribution in [1.29, 1.82) is 0 Å². The first-order valence-electron chi connectivity index (χ1n) is 10.3. The molecule has 1 aromatic heterocycles. The van der Waals surface area contributed by atoms with Crippen molar-refractivity contribution < 1.29 is 14.3 Å². The fourth-order valence-electron chi connectivity index (χ4n) is 3.22. The second-order valence-corrected chi connectivity index (χ2v) is 7.97. The van der Waals surface area contributed by atoms with E-state index < -0.39 is 0 Å². The van der Waals surface area contributed by atoms with Crippen LogP contribution < -0.4 is 20.5 Å². The average Bonchev–Trinajstić information content (AvgIpc) is 3.20. The lowest BCUT2D eigenvalue weighted by atomic mass is 10.1. The molecule has 1 aliphatic rings. The smallest absolute Gasteiger partial charge is 0.254 e. The van der Waals surface area contributed by atoms with Gasteiger partial charge in [0.2, 0.25) is 11.8 Å². The average molecular weight is 449 g/mol. The molecule has 168 valence electrons. The number of likely N-dealkylation sites (N-methyl/N-ethyl adjacent to an activating group) is 1. The number of amides is 1. The van der Waals surface area contributed by atoms with Crippen LogP contribution in [0.25, 0.3) is 0 Å². The molecule has 3 N–H and O–H groups in total. The van der Waals surface area contributed by atoms with E-state index in [0.29, 0.717) is 60.2 Å². The molecule has 1 aliphatic heterocycles. The fourth-order valence-corrected chi connectivity index (χ4v) is 3.36. The van der Waals surface area contributed by atoms with Crippen molar-refractivity contribution in [3.05, 3.63) is 35.0 Å². The minimum atomic E-state index is -0.0613. The Kier molecular flexibility index (Phi) is 7.75. The third-order valence-corrected chi connectivity index (χ3v) is 5.12. The van der Waals surface area contributed by atoms with E-state index in [0.717, 1.165) is 13.0 Å². The number of likely N-dealkylation sites (tertiary alicyclic amines) is 1. The van der Waals surface area contributed by atoms with Gasteiger partial charge in [0.1, 0.15) is 17.4 Å². The standard InChI is InChI=1S/C21H29ClN6O3/c1-4-30-19-16(22)12-24-21(26-19)25-15-7-8-28(13-15)20(29)14-5-6-17(23)18(11-14)31-10-9-27(2)3/h5-6,11-12,15H,4,7-10,13,23H2,1-3H3,(H,24,25,26)/t15-/m0/s1. The van der Waals surface area contributed by atoms with Crippen LogP contribution >= 0.6 is 11.6 Å². The molecular formula is C21H29ClN6O3. The summed E-state index contributed by atoms with van der Waals surface area (Å²) in [6, 6.07) is 5.18. The van der Waals surface area contributed by atoms with Gasteiger partial charge in [0.15, 0.2) is 0 Å². The highest BCUT2D eigenvalue weighted by atomic mass is 35.5. The first-order valence-corrected chi connectivity index (χ1v) is 10.6. The number of nitrogens with one attached hydrogen (secondary N) is 1. The van der Waals surface area contributed by atoms with Gasteiger partial charge in [-0.15, -0.1) is 0 Å². The Bertz CT molecular complexity index is 911. The van der Waals surface area contributed by atoms with Gasteiger partial charge in [-0.05, 0) is 45.6 Å². The molecule has 0 unspecified atom stereocenters. The number of aromatic nitrogens is 2. The zero-order chi connectivity index (χ0) is 22.4. The summed E-state index contributed by atoms with van der Waals surface area (Å²) < 4.78 is 11.2. The summed E-state index contributed by atoms with van der Waals surface area (Å²) in [5.41, 5.74) is 7.07. The van der Waals surface area contributed by atoms with E-state index >= 15 is 0 Å². The fraction of sp³-hybridized carbons (Fsp3) is 0.476. The summed E-state index contributed by atoms with van der Waals surface area (Å²) in [5, 5.41) is 3.62. The van der Waals surface area contributed by atoms with Crippen molar-refractivity contribution in [1.82, 2.24) is 19.8 Å². The molecule has 0 saturated carbocycles. The number of nitrogens with zero attached hydrogens (tertiary/aromatic N) is 4. The van der Waals surface area contributed by atoms with Crippen LogP contribution in [0.2, 0.25) is 5.02 Å². The first kappa shape index (κ1) is 22.9. The minimum Gasteiger partial charge on any atom is -0.490 e. The van der Waals surface area contributed by atoms with Gasteiger partial charge < -0.3 is 30.3 Å². The molecule has 0 aliphatic carbocycles. The molecule has 3 rings (SSSR count). The van der Waals surface area contributed by atoms with Crippen molar-refractivity contribution in [2.24, 2.45) is 0 Å². The highest BCUT2D eigenvalue weighted by Crippen LogP contribution is 2.26.